The number of aromatic hydroxyl groups is 1. The fraction of sp³-hybridized carbons (Fsp3) is 0.292. The van der Waals surface area contributed by atoms with Gasteiger partial charge in [0.2, 0.25) is 0 Å². The van der Waals surface area contributed by atoms with Gasteiger partial charge < -0.3 is 20.6 Å². The van der Waals surface area contributed by atoms with Gasteiger partial charge in [0.25, 0.3) is 5.91 Å². The third-order valence-corrected chi connectivity index (χ3v) is 6.20. The van der Waals surface area contributed by atoms with Crippen LogP contribution in [0.5, 0.6) is 5.75 Å². The van der Waals surface area contributed by atoms with Crippen LogP contribution in [0.25, 0.3) is 33.1 Å². The topological polar surface area (TPSA) is 95.3 Å². The third-order valence-electron chi connectivity index (χ3n) is 6.20. The predicted octanol–water partition coefficient (Wildman–Crippen LogP) is 2.71. The molecule has 8 nitrogen and oxygen atoms in total. The number of phenolic OH excluding ortho intramolecular Hbond substituents is 1. The van der Waals surface area contributed by atoms with Crippen LogP contribution in [0.4, 0.5) is 10.1 Å². The van der Waals surface area contributed by atoms with Gasteiger partial charge in [0, 0.05) is 74.1 Å². The fourth-order valence-corrected chi connectivity index (χ4v) is 4.47. The summed E-state index contributed by atoms with van der Waals surface area (Å²) in [7, 11) is 3.34. The normalized spacial score (nSPS) is 14.2. The van der Waals surface area contributed by atoms with Gasteiger partial charge in [-0.25, -0.2) is 9.37 Å². The number of rotatable bonds is 3. The van der Waals surface area contributed by atoms with E-state index < -0.39 is 5.82 Å². The van der Waals surface area contributed by atoms with E-state index in [4.69, 9.17) is 0 Å². The quantitative estimate of drug-likeness (QED) is 0.446. The Kier molecular flexibility index (Phi) is 5.13. The minimum absolute atomic E-state index is 0.00810. The summed E-state index contributed by atoms with van der Waals surface area (Å²) in [6.45, 7) is 4.91. The van der Waals surface area contributed by atoms with E-state index in [2.05, 4.69) is 25.6 Å². The van der Waals surface area contributed by atoms with Crippen molar-refractivity contribution >= 4 is 33.4 Å². The molecule has 0 radical (unpaired) electrons. The zero-order valence-corrected chi connectivity index (χ0v) is 18.7. The van der Waals surface area contributed by atoms with Crippen molar-refractivity contribution in [3.63, 3.8) is 0 Å². The van der Waals surface area contributed by atoms with Crippen molar-refractivity contribution in [1.29, 1.82) is 0 Å². The van der Waals surface area contributed by atoms with E-state index in [1.165, 1.54) is 13.1 Å². The van der Waals surface area contributed by atoms with Gasteiger partial charge in [0.15, 0.2) is 5.82 Å². The van der Waals surface area contributed by atoms with Gasteiger partial charge in [0.1, 0.15) is 11.3 Å². The number of benzene rings is 2. The Labute approximate surface area is 190 Å². The molecule has 1 amide bonds. The van der Waals surface area contributed by atoms with Gasteiger partial charge in [-0.15, -0.1) is 0 Å². The van der Waals surface area contributed by atoms with Crippen molar-refractivity contribution in [3.8, 4) is 17.0 Å². The van der Waals surface area contributed by atoms with Crippen molar-refractivity contribution in [3.05, 3.63) is 47.4 Å². The summed E-state index contributed by atoms with van der Waals surface area (Å²) < 4.78 is 17.0. The SMILES string of the molecule is CNC(=O)c1cc(-c2cc3cn(C)nc3c(C)c2O)nc2c(F)cc(N3CCNCC3)cc12. The molecule has 2 aromatic heterocycles. The number of fused-ring (bicyclic) bond motifs is 2. The number of aromatic nitrogens is 3. The Morgan fingerprint density at radius 2 is 1.94 bits per heavy atom. The molecular weight excluding hydrogens is 423 g/mol. The largest absolute Gasteiger partial charge is 0.507 e. The standard InChI is InChI=1S/C24H25FN6O2/c1-13-21-14(12-30(3)29-21)8-18(23(13)32)20-11-17(24(33)26-2)16-9-15(10-19(25)22(16)28-20)31-6-4-27-5-7-31/h8-12,27,32H,4-7H2,1-3H3,(H,26,33). The van der Waals surface area contributed by atoms with Gasteiger partial charge in [-0.05, 0) is 31.2 Å². The number of pyridine rings is 1. The third kappa shape index (κ3) is 3.54. The van der Waals surface area contributed by atoms with Crippen molar-refractivity contribution < 1.29 is 14.3 Å². The lowest BCUT2D eigenvalue weighted by atomic mass is 9.99. The summed E-state index contributed by atoms with van der Waals surface area (Å²) in [4.78, 5) is 19.5. The molecule has 0 aliphatic carbocycles. The summed E-state index contributed by atoms with van der Waals surface area (Å²) in [6.07, 6.45) is 1.84. The van der Waals surface area contributed by atoms with E-state index >= 15 is 4.39 Å². The van der Waals surface area contributed by atoms with Gasteiger partial charge >= 0.3 is 0 Å². The number of hydrogen-bond acceptors (Lipinski definition) is 6. The maximum atomic E-state index is 15.4. The Morgan fingerprint density at radius 3 is 2.67 bits per heavy atom. The van der Waals surface area contributed by atoms with Crippen LogP contribution in [0.3, 0.4) is 0 Å². The number of phenols is 1. The van der Waals surface area contributed by atoms with Crippen LogP contribution in [0, 0.1) is 12.7 Å². The minimum atomic E-state index is -0.508. The second kappa shape index (κ2) is 8.00. The average molecular weight is 449 g/mol. The van der Waals surface area contributed by atoms with Gasteiger partial charge in [0.05, 0.1) is 16.8 Å². The lowest BCUT2D eigenvalue weighted by Crippen LogP contribution is -2.43. The molecule has 33 heavy (non-hydrogen) atoms. The summed E-state index contributed by atoms with van der Waals surface area (Å²) in [5.41, 5.74) is 3.13. The molecule has 1 saturated heterocycles. The van der Waals surface area contributed by atoms with E-state index in [9.17, 15) is 9.90 Å². The van der Waals surface area contributed by atoms with Crippen molar-refractivity contribution in [2.75, 3.05) is 38.1 Å². The number of amides is 1. The monoisotopic (exact) mass is 448 g/mol. The van der Waals surface area contributed by atoms with E-state index in [0.717, 1.165) is 37.3 Å². The molecule has 0 spiro atoms. The zero-order chi connectivity index (χ0) is 23.3. The maximum absolute atomic E-state index is 15.4. The number of hydrogen-bond donors (Lipinski definition) is 3. The van der Waals surface area contributed by atoms with Crippen LogP contribution in [0.2, 0.25) is 0 Å². The fourth-order valence-electron chi connectivity index (χ4n) is 4.47. The second-order valence-corrected chi connectivity index (χ2v) is 8.33. The Bertz CT molecular complexity index is 1410. The van der Waals surface area contributed by atoms with E-state index in [1.807, 2.05) is 12.3 Å². The van der Waals surface area contributed by atoms with Crippen LogP contribution in [0.1, 0.15) is 15.9 Å². The molecule has 1 aliphatic heterocycles. The molecule has 3 heterocycles. The Balaban J connectivity index is 1.75. The summed E-state index contributed by atoms with van der Waals surface area (Å²) >= 11 is 0. The number of aryl methyl sites for hydroxylation is 2. The van der Waals surface area contributed by atoms with Crippen LogP contribution in [-0.4, -0.2) is 59.0 Å². The number of nitrogens with zero attached hydrogens (tertiary/aromatic N) is 4. The summed E-state index contributed by atoms with van der Waals surface area (Å²) in [5.74, 6) is -0.848. The molecular formula is C24H25FN6O2. The molecule has 4 aromatic rings. The van der Waals surface area contributed by atoms with Crippen LogP contribution in [0.15, 0.2) is 30.5 Å². The predicted molar refractivity (Wildman–Crippen MR) is 126 cm³/mol. The number of carbonyl (C=O) groups is 1. The van der Waals surface area contributed by atoms with Gasteiger partial charge in [-0.3, -0.25) is 9.48 Å². The Hall–Kier alpha value is -3.72. The molecule has 170 valence electrons. The van der Waals surface area contributed by atoms with Crippen LogP contribution in [-0.2, 0) is 7.05 Å². The first-order valence-electron chi connectivity index (χ1n) is 10.9. The van der Waals surface area contributed by atoms with Crippen molar-refractivity contribution in [1.82, 2.24) is 25.4 Å². The van der Waals surface area contributed by atoms with E-state index in [-0.39, 0.29) is 17.2 Å². The average Bonchev–Trinajstić information content (AvgIpc) is 3.21. The summed E-state index contributed by atoms with van der Waals surface area (Å²) in [6, 6.07) is 6.66. The van der Waals surface area contributed by atoms with E-state index in [0.29, 0.717) is 33.3 Å². The molecule has 0 unspecified atom stereocenters. The van der Waals surface area contributed by atoms with Crippen LogP contribution < -0.4 is 15.5 Å². The molecule has 0 bridgehead atoms. The minimum Gasteiger partial charge on any atom is -0.507 e. The van der Waals surface area contributed by atoms with Gasteiger partial charge in [-0.2, -0.15) is 5.10 Å². The first kappa shape index (κ1) is 21.1. The molecule has 9 heteroatoms. The first-order chi connectivity index (χ1) is 15.9. The molecule has 3 N–H and O–H groups in total. The van der Waals surface area contributed by atoms with Gasteiger partial charge in [-0.1, -0.05) is 0 Å². The highest BCUT2D eigenvalue weighted by Gasteiger charge is 2.22. The van der Waals surface area contributed by atoms with Crippen molar-refractivity contribution in [2.24, 2.45) is 7.05 Å². The number of halogens is 1. The Morgan fingerprint density at radius 1 is 1.18 bits per heavy atom. The second-order valence-electron chi connectivity index (χ2n) is 8.33. The number of piperazine rings is 1. The lowest BCUT2D eigenvalue weighted by molar-refractivity contribution is 0.0964. The maximum Gasteiger partial charge on any atom is 0.251 e. The zero-order valence-electron chi connectivity index (χ0n) is 18.7. The first-order valence-corrected chi connectivity index (χ1v) is 10.9. The number of anilines is 1. The number of nitrogens with one attached hydrogen (secondary N) is 2. The molecule has 5 rings (SSSR count). The molecule has 1 fully saturated rings. The number of carbonyl (C=O) groups excluding carboxylic acids is 1. The smallest absolute Gasteiger partial charge is 0.251 e. The molecule has 2 aromatic carbocycles. The van der Waals surface area contributed by atoms with Crippen molar-refractivity contribution in [2.45, 2.75) is 6.92 Å². The highest BCUT2D eigenvalue weighted by molar-refractivity contribution is 6.08. The highest BCUT2D eigenvalue weighted by atomic mass is 19.1. The molecule has 0 atom stereocenters. The van der Waals surface area contributed by atoms with E-state index in [1.54, 1.807) is 30.8 Å². The highest BCUT2D eigenvalue weighted by Crippen LogP contribution is 2.38. The lowest BCUT2D eigenvalue weighted by Gasteiger charge is -2.29. The molecule has 1 aliphatic rings. The molecule has 0 saturated carbocycles. The van der Waals surface area contributed by atoms with Crippen LogP contribution >= 0.6 is 0 Å². The summed E-state index contributed by atoms with van der Waals surface area (Å²) in [5, 5.41) is 22.5.